The fourth-order valence-electron chi connectivity index (χ4n) is 8.28. The molecular weight excluding hydrogens is 999 g/mol. The molecule has 2 aromatic heterocycles. The summed E-state index contributed by atoms with van der Waals surface area (Å²) in [7, 11) is 0. The van der Waals surface area contributed by atoms with E-state index in [1.165, 1.54) is 42.5 Å². The fraction of sp³-hybridized carbons (Fsp3) is 0.173. The normalized spacial score (nSPS) is 13.8. The molecule has 6 aromatic carbocycles. The van der Waals surface area contributed by atoms with E-state index in [1.54, 1.807) is 79.1 Å². The quantitative estimate of drug-likeness (QED) is 0.0948. The first-order chi connectivity index (χ1) is 35.8. The monoisotopic (exact) mass is 1040 g/mol. The number of halogens is 5. The molecule has 0 aliphatic carbocycles. The molecule has 2 fully saturated rings. The third-order valence-corrected chi connectivity index (χ3v) is 12.7. The number of amides is 4. The summed E-state index contributed by atoms with van der Waals surface area (Å²) in [6.07, 6.45) is -1.53. The number of nitriles is 1. The Balaban J connectivity index is 0.917. The molecule has 4 amide bonds. The highest BCUT2D eigenvalue weighted by molar-refractivity contribution is 6.42. The first kappa shape index (κ1) is 49.1. The maximum absolute atomic E-state index is 14.7. The minimum Gasteiger partial charge on any atom is -0.457 e. The number of alkyl halides is 3. The number of carbonyl (C=O) groups excluding carboxylic acids is 2. The van der Waals surface area contributed by atoms with Gasteiger partial charge in [-0.25, -0.2) is 19.6 Å². The van der Waals surface area contributed by atoms with Crippen molar-refractivity contribution in [2.24, 2.45) is 0 Å². The molecule has 17 nitrogen and oxygen atoms in total. The average molecular weight is 1040 g/mol. The molecule has 0 radical (unpaired) electrons. The molecule has 2 aliphatic heterocycles. The van der Waals surface area contributed by atoms with E-state index in [4.69, 9.17) is 42.6 Å². The van der Waals surface area contributed by atoms with Gasteiger partial charge >= 0.3 is 18.2 Å². The molecule has 0 bridgehead atoms. The van der Waals surface area contributed by atoms with Crippen LogP contribution in [-0.2, 0) is 6.18 Å². The second-order valence-electron chi connectivity index (χ2n) is 16.9. The maximum Gasteiger partial charge on any atom is 0.417 e. The number of urea groups is 2. The zero-order valence-electron chi connectivity index (χ0n) is 38.9. The van der Waals surface area contributed by atoms with Crippen molar-refractivity contribution in [1.29, 1.82) is 5.26 Å². The molecule has 22 heteroatoms. The topological polar surface area (TPSA) is 189 Å². The molecule has 0 saturated carbocycles. The number of aromatic nitrogens is 4. The van der Waals surface area contributed by atoms with Gasteiger partial charge in [-0.3, -0.25) is 9.97 Å². The summed E-state index contributed by atoms with van der Waals surface area (Å²) in [4.78, 5) is 52.4. The van der Waals surface area contributed by atoms with E-state index < -0.39 is 35.1 Å². The Labute approximate surface area is 431 Å². The van der Waals surface area contributed by atoms with Gasteiger partial charge in [0.15, 0.2) is 0 Å². The molecule has 8 aromatic rings. The summed E-state index contributed by atoms with van der Waals surface area (Å²) in [6, 6.07) is 29.1. The Morgan fingerprint density at radius 2 is 1.03 bits per heavy atom. The van der Waals surface area contributed by atoms with Crippen LogP contribution in [0.5, 0.6) is 23.0 Å². The highest BCUT2D eigenvalue weighted by Crippen LogP contribution is 2.38. The van der Waals surface area contributed by atoms with Crippen LogP contribution in [0.1, 0.15) is 11.1 Å². The smallest absolute Gasteiger partial charge is 0.417 e. The molecule has 2 aliphatic rings. The lowest BCUT2D eigenvalue weighted by Crippen LogP contribution is -2.54. The second-order valence-corrected chi connectivity index (χ2v) is 17.7. The molecular formula is C52H42Cl2F3N13O4. The van der Waals surface area contributed by atoms with Crippen molar-refractivity contribution >= 4 is 91.7 Å². The van der Waals surface area contributed by atoms with Crippen molar-refractivity contribution < 1.29 is 32.2 Å². The lowest BCUT2D eigenvalue weighted by molar-refractivity contribution is -0.137. The van der Waals surface area contributed by atoms with Crippen LogP contribution >= 0.6 is 23.2 Å². The lowest BCUT2D eigenvalue weighted by atomic mass is 10.1. The number of hydrogen-bond acceptors (Lipinski definition) is 13. The number of benzene rings is 6. The van der Waals surface area contributed by atoms with Crippen molar-refractivity contribution in [3.05, 3.63) is 155 Å². The van der Waals surface area contributed by atoms with Crippen LogP contribution in [-0.4, -0.2) is 84.4 Å². The number of ether oxygens (including phenoxy) is 2. The highest BCUT2D eigenvalue weighted by atomic mass is 35.5. The zero-order valence-corrected chi connectivity index (χ0v) is 40.4. The number of piperazine rings is 2. The first-order valence-corrected chi connectivity index (χ1v) is 23.9. The largest absolute Gasteiger partial charge is 0.457 e. The van der Waals surface area contributed by atoms with E-state index in [0.717, 1.165) is 81.1 Å². The van der Waals surface area contributed by atoms with Crippen molar-refractivity contribution in [1.82, 2.24) is 30.6 Å². The van der Waals surface area contributed by atoms with E-state index in [1.807, 2.05) is 0 Å². The van der Waals surface area contributed by atoms with Gasteiger partial charge < -0.3 is 40.5 Å². The number of anilines is 6. The van der Waals surface area contributed by atoms with Crippen LogP contribution in [0.2, 0.25) is 10.0 Å². The third-order valence-electron chi connectivity index (χ3n) is 12.0. The minimum absolute atomic E-state index is 0.0339. The predicted molar refractivity (Wildman–Crippen MR) is 278 cm³/mol. The Kier molecular flexibility index (Phi) is 14.1. The van der Waals surface area contributed by atoms with E-state index >= 15 is 0 Å². The SMILES string of the molecule is N#Cc1ccc(N(C(=O)Nc2ccc(Oc3ccc4ncc(N5CCNCC5)nc4c3)cc2)N(C(=O)Nc2ccc(Oc3ccc4ncc(N5CCNCC5)nc4c3)cc2)c2ccc(Cl)c(Cl)c2)cc1C(F)(F)F. The van der Waals surface area contributed by atoms with E-state index in [2.05, 4.69) is 41.0 Å². The van der Waals surface area contributed by atoms with Crippen LogP contribution in [0, 0.1) is 11.3 Å². The van der Waals surface area contributed by atoms with Gasteiger partial charge in [0, 0.05) is 75.9 Å². The van der Waals surface area contributed by atoms with Crippen LogP contribution in [0.4, 0.5) is 57.1 Å². The maximum atomic E-state index is 14.7. The number of nitrogens with one attached hydrogen (secondary N) is 4. The standard InChI is InChI=1S/C52H42Cl2F3N13O4/c53-42-14-7-36(26-43(42)54)70(51(72)64-34-4-10-38(11-5-34)74-40-13-16-45-47(28-40)66-49(31-62-45)68-23-19-60-20-24-68)69(35-6-1-32(29-58)41(25-35)52(55,56)57)50(71)63-33-2-8-37(9-3-33)73-39-12-15-44-46(27-39)65-48(30-61-44)67-21-17-59-18-22-67/h1-16,25-28,30-31,59-60H,17-24H2,(H,63,71)(H,64,72). The molecule has 0 spiro atoms. The molecule has 374 valence electrons. The van der Waals surface area contributed by atoms with Gasteiger partial charge in [-0.1, -0.05) is 23.2 Å². The van der Waals surface area contributed by atoms with Crippen LogP contribution in [0.15, 0.2) is 134 Å². The van der Waals surface area contributed by atoms with E-state index in [-0.39, 0.29) is 27.1 Å². The van der Waals surface area contributed by atoms with Gasteiger partial charge in [-0.15, -0.1) is 0 Å². The summed E-state index contributed by atoms with van der Waals surface area (Å²) in [5.74, 6) is 3.25. The molecule has 4 N–H and O–H groups in total. The number of hydrazine groups is 1. The Hall–Kier alpha value is -8.48. The summed E-state index contributed by atoms with van der Waals surface area (Å²) in [5.41, 5.74) is 0.454. The van der Waals surface area contributed by atoms with Crippen molar-refractivity contribution in [3.8, 4) is 29.1 Å². The third kappa shape index (κ3) is 11.1. The number of carbonyl (C=O) groups is 2. The van der Waals surface area contributed by atoms with Gasteiger partial charge in [0.25, 0.3) is 0 Å². The molecule has 4 heterocycles. The van der Waals surface area contributed by atoms with Crippen molar-refractivity contribution in [3.63, 3.8) is 0 Å². The van der Waals surface area contributed by atoms with Gasteiger partial charge in [0.05, 0.1) is 73.1 Å². The van der Waals surface area contributed by atoms with E-state index in [0.29, 0.717) is 56.1 Å². The molecule has 74 heavy (non-hydrogen) atoms. The minimum atomic E-state index is -5.03. The van der Waals surface area contributed by atoms with E-state index in [9.17, 15) is 28.0 Å². The van der Waals surface area contributed by atoms with Gasteiger partial charge in [-0.2, -0.15) is 28.5 Å². The first-order valence-electron chi connectivity index (χ1n) is 23.1. The summed E-state index contributed by atoms with van der Waals surface area (Å²) in [6.45, 7) is 6.58. The Morgan fingerprint density at radius 3 is 1.47 bits per heavy atom. The average Bonchev–Trinajstić information content (AvgIpc) is 3.41. The molecule has 2 saturated heterocycles. The number of hydrogen-bond donors (Lipinski definition) is 4. The van der Waals surface area contributed by atoms with Gasteiger partial charge in [0.2, 0.25) is 0 Å². The van der Waals surface area contributed by atoms with Crippen LogP contribution in [0.25, 0.3) is 22.1 Å². The second kappa shape index (κ2) is 21.3. The summed E-state index contributed by atoms with van der Waals surface area (Å²) < 4.78 is 55.9. The number of nitrogens with zero attached hydrogens (tertiary/aromatic N) is 9. The van der Waals surface area contributed by atoms with Gasteiger partial charge in [-0.05, 0) is 109 Å². The van der Waals surface area contributed by atoms with Crippen molar-refractivity contribution in [2.45, 2.75) is 6.18 Å². The number of rotatable bonds is 10. The predicted octanol–water partition coefficient (Wildman–Crippen LogP) is 10.9. The zero-order chi connectivity index (χ0) is 51.3. The summed E-state index contributed by atoms with van der Waals surface area (Å²) >= 11 is 12.8. The molecule has 10 rings (SSSR count). The molecule has 0 unspecified atom stereocenters. The molecule has 0 atom stereocenters. The lowest BCUT2D eigenvalue weighted by Gasteiger charge is -2.35. The highest BCUT2D eigenvalue weighted by Gasteiger charge is 2.37. The summed E-state index contributed by atoms with van der Waals surface area (Å²) in [5, 5.41) is 23.3. The Bertz CT molecular complexity index is 3430. The number of fused-ring (bicyclic) bond motifs is 2. The van der Waals surface area contributed by atoms with Crippen LogP contribution in [0.3, 0.4) is 0 Å². The van der Waals surface area contributed by atoms with Gasteiger partial charge in [0.1, 0.15) is 34.6 Å². The fourth-order valence-corrected chi connectivity index (χ4v) is 8.57. The van der Waals surface area contributed by atoms with Crippen molar-refractivity contribution in [2.75, 3.05) is 82.8 Å². The van der Waals surface area contributed by atoms with Crippen LogP contribution < -0.4 is 50.6 Å². The Morgan fingerprint density at radius 1 is 0.581 bits per heavy atom.